The number of hydrogen-bond donors (Lipinski definition) is 2. The van der Waals surface area contributed by atoms with Crippen molar-refractivity contribution in [3.63, 3.8) is 0 Å². The lowest BCUT2D eigenvalue weighted by Crippen LogP contribution is -2.57. The number of pyridine rings is 2. The summed E-state index contributed by atoms with van der Waals surface area (Å²) in [6.07, 6.45) is 3.26. The van der Waals surface area contributed by atoms with Gasteiger partial charge in [0.05, 0.1) is 31.8 Å². The highest BCUT2D eigenvalue weighted by atomic mass is 32.3. The van der Waals surface area contributed by atoms with Crippen molar-refractivity contribution < 1.29 is 41.1 Å². The largest absolute Gasteiger partial charge is 0.481 e. The van der Waals surface area contributed by atoms with Crippen LogP contribution in [-0.4, -0.2) is 100 Å². The van der Waals surface area contributed by atoms with Gasteiger partial charge in [-0.25, -0.2) is 18.0 Å². The number of alkyl halides is 2. The lowest BCUT2D eigenvalue weighted by Gasteiger charge is -2.46. The van der Waals surface area contributed by atoms with Crippen molar-refractivity contribution in [3.05, 3.63) is 81.9 Å². The van der Waals surface area contributed by atoms with Crippen LogP contribution in [0.15, 0.2) is 47.6 Å². The highest BCUT2D eigenvalue weighted by Crippen LogP contribution is 2.50. The number of nitrogens with zero attached hydrogens (tertiary/aromatic N) is 6. The number of hydrogen-bond acceptors (Lipinski definition) is 9. The Hall–Kier alpha value is -3.93. The van der Waals surface area contributed by atoms with E-state index in [1.807, 2.05) is 25.1 Å². The Bertz CT molecular complexity index is 2170. The molecule has 3 aliphatic rings. The van der Waals surface area contributed by atoms with Crippen LogP contribution in [-0.2, 0) is 30.1 Å². The molecular formula is C39H50F2N6O7S. The maximum absolute atomic E-state index is 15.9. The molecule has 0 radical (unpaired) electrons. The summed E-state index contributed by atoms with van der Waals surface area (Å²) in [6.45, 7) is 11.7. The van der Waals surface area contributed by atoms with Gasteiger partial charge in [0.15, 0.2) is 15.5 Å². The van der Waals surface area contributed by atoms with E-state index < -0.39 is 45.0 Å². The van der Waals surface area contributed by atoms with E-state index in [2.05, 4.69) is 20.1 Å². The number of carboxylic acid groups (broad SMARTS) is 1. The molecular weight excluding hydrogens is 735 g/mol. The van der Waals surface area contributed by atoms with Crippen molar-refractivity contribution >= 4 is 21.4 Å². The number of likely N-dealkylation sites (tertiary alicyclic amines) is 1. The molecule has 4 aromatic rings. The number of ether oxygens (including phenoxy) is 2. The predicted molar refractivity (Wildman–Crippen MR) is 201 cm³/mol. The van der Waals surface area contributed by atoms with Crippen molar-refractivity contribution in [1.82, 2.24) is 28.8 Å². The first-order valence-corrected chi connectivity index (χ1v) is 20.6. The quantitative estimate of drug-likeness (QED) is 0.177. The van der Waals surface area contributed by atoms with Crippen molar-refractivity contribution in [2.24, 2.45) is 5.41 Å². The second kappa shape index (κ2) is 14.5. The Balaban J connectivity index is 1.35. The van der Waals surface area contributed by atoms with E-state index in [4.69, 9.17) is 13.7 Å². The molecule has 2 saturated heterocycles. The molecule has 1 aromatic carbocycles. The molecule has 55 heavy (non-hydrogen) atoms. The average molecular weight is 785 g/mol. The zero-order chi connectivity index (χ0) is 39.4. The summed E-state index contributed by atoms with van der Waals surface area (Å²) in [5.74, 6) is -2.30. The van der Waals surface area contributed by atoms with Crippen LogP contribution < -0.4 is 4.74 Å². The summed E-state index contributed by atoms with van der Waals surface area (Å²) in [4.78, 5) is 19.7. The number of aromatic nitrogens is 4. The summed E-state index contributed by atoms with van der Waals surface area (Å²) >= 11 is 0. The van der Waals surface area contributed by atoms with Gasteiger partial charge < -0.3 is 19.5 Å². The Morgan fingerprint density at radius 3 is 2.51 bits per heavy atom. The molecule has 0 bridgehead atoms. The highest BCUT2D eigenvalue weighted by molar-refractivity contribution is 8.09. The summed E-state index contributed by atoms with van der Waals surface area (Å²) < 4.78 is 77.8. The van der Waals surface area contributed by atoms with Crippen molar-refractivity contribution in [2.75, 3.05) is 46.0 Å². The minimum atomic E-state index is -5.38. The first-order valence-electron chi connectivity index (χ1n) is 18.8. The fraction of sp³-hybridized carbons (Fsp3) is 0.538. The standard InChI is InChI=1S/C39H50F2N6O7S/c1-25-20-31-36(42-22-25)54-39(11-17-52-18-12-39)24-46(55(31,50,51)53-19-16-45-13-6-7-14-45)23-29-21-28(9-8-26(29)2)32(38(4,5)37(48)49)30-10-15-47-34(27(30)3)43-44-35(47)33(40)41/h8-10,15,20-22,32-33H,6-7,11-14,16-19,23-24H2,1-5H3,(H,48,49)(H,50,51)/t32-/m0/s1. The molecule has 7 rings (SSSR count). The van der Waals surface area contributed by atoms with E-state index >= 15 is 4.21 Å². The Morgan fingerprint density at radius 1 is 1.09 bits per heavy atom. The van der Waals surface area contributed by atoms with Gasteiger partial charge in [-0.2, -0.15) is 4.31 Å². The van der Waals surface area contributed by atoms with Crippen LogP contribution in [0.2, 0.25) is 0 Å². The van der Waals surface area contributed by atoms with E-state index in [1.54, 1.807) is 46.0 Å². The van der Waals surface area contributed by atoms with Crippen molar-refractivity contribution in [3.8, 4) is 5.88 Å². The topological polar surface area (TPSA) is 152 Å². The van der Waals surface area contributed by atoms with E-state index in [0.717, 1.165) is 31.5 Å². The van der Waals surface area contributed by atoms with Gasteiger partial charge >= 0.3 is 5.97 Å². The van der Waals surface area contributed by atoms with Crippen LogP contribution in [0.1, 0.15) is 91.1 Å². The van der Waals surface area contributed by atoms with Crippen LogP contribution in [0, 0.1) is 26.2 Å². The number of carboxylic acids is 1. The minimum absolute atomic E-state index is 0.00653. The maximum atomic E-state index is 15.9. The maximum Gasteiger partial charge on any atom is 0.310 e. The SMILES string of the molecule is Cc1cnc2c(c1)S(=O)(O)(OCCN1CCCC1)N(Cc1cc([C@@H](c3ccn4c(C(F)F)nnc4c3C)C(C)(C)C(=O)O)ccc1C)CC1(CCOCC1)O2. The highest BCUT2D eigenvalue weighted by Gasteiger charge is 2.55. The van der Waals surface area contributed by atoms with Gasteiger partial charge in [0.25, 0.3) is 6.43 Å². The Morgan fingerprint density at radius 2 is 1.82 bits per heavy atom. The molecule has 16 heteroatoms. The van der Waals surface area contributed by atoms with E-state index in [1.165, 1.54) is 14.9 Å². The average Bonchev–Trinajstić information content (AvgIpc) is 3.81. The Kier molecular flexibility index (Phi) is 10.4. The van der Waals surface area contributed by atoms with Crippen LogP contribution in [0.4, 0.5) is 8.78 Å². The van der Waals surface area contributed by atoms with E-state index in [-0.39, 0.29) is 36.1 Å². The number of aliphatic carboxylic acids is 1. The number of fused-ring (bicyclic) bond motifs is 2. The summed E-state index contributed by atoms with van der Waals surface area (Å²) in [7, 11) is -5.38. The molecule has 298 valence electrons. The van der Waals surface area contributed by atoms with Gasteiger partial charge in [-0.1, -0.05) is 18.2 Å². The second-order valence-corrected chi connectivity index (χ2v) is 18.6. The van der Waals surface area contributed by atoms with Crippen molar-refractivity contribution in [2.45, 2.75) is 89.7 Å². The summed E-state index contributed by atoms with van der Waals surface area (Å²) in [5.41, 5.74) is 1.77. The van der Waals surface area contributed by atoms with Crippen LogP contribution in [0.5, 0.6) is 5.88 Å². The molecule has 2 N–H and O–H groups in total. The lowest BCUT2D eigenvalue weighted by atomic mass is 9.70. The van der Waals surface area contributed by atoms with Crippen LogP contribution >= 0.6 is 0 Å². The minimum Gasteiger partial charge on any atom is -0.481 e. The molecule has 0 aliphatic carbocycles. The lowest BCUT2D eigenvalue weighted by molar-refractivity contribution is -0.147. The molecule has 3 aromatic heterocycles. The molecule has 0 amide bonds. The van der Waals surface area contributed by atoms with Gasteiger partial charge in [-0.05, 0) is 106 Å². The molecule has 0 saturated carbocycles. The van der Waals surface area contributed by atoms with Crippen LogP contribution in [0.25, 0.3) is 5.65 Å². The zero-order valence-corrected chi connectivity index (χ0v) is 32.8. The van der Waals surface area contributed by atoms with Gasteiger partial charge in [-0.3, -0.25) is 17.9 Å². The molecule has 0 unspecified atom stereocenters. The van der Waals surface area contributed by atoms with Gasteiger partial charge in [0, 0.05) is 44.2 Å². The predicted octanol–water partition coefficient (Wildman–Crippen LogP) is 6.27. The number of rotatable bonds is 11. The van der Waals surface area contributed by atoms with E-state index in [0.29, 0.717) is 60.4 Å². The number of benzene rings is 1. The molecule has 1 atom stereocenters. The Labute approximate surface area is 319 Å². The summed E-state index contributed by atoms with van der Waals surface area (Å²) in [6, 6.07) is 8.86. The molecule has 1 spiro atoms. The first-order chi connectivity index (χ1) is 26.0. The third-order valence-electron chi connectivity index (χ3n) is 11.6. The third-order valence-corrected chi connectivity index (χ3v) is 14.4. The number of carbonyl (C=O) groups is 1. The van der Waals surface area contributed by atoms with Crippen molar-refractivity contribution in [1.29, 1.82) is 0 Å². The number of halogens is 2. The van der Waals surface area contributed by atoms with Gasteiger partial charge in [-0.15, -0.1) is 10.2 Å². The smallest absolute Gasteiger partial charge is 0.310 e. The zero-order valence-electron chi connectivity index (χ0n) is 32.0. The number of aryl methyl sites for hydroxylation is 3. The fourth-order valence-electron chi connectivity index (χ4n) is 8.22. The third kappa shape index (κ3) is 7.17. The normalized spacial score (nSPS) is 21.1. The molecule has 6 heterocycles. The molecule has 2 fully saturated rings. The van der Waals surface area contributed by atoms with Gasteiger partial charge in [0.1, 0.15) is 10.5 Å². The molecule has 3 aliphatic heterocycles. The first kappa shape index (κ1) is 39.3. The second-order valence-electron chi connectivity index (χ2n) is 15.8. The molecule has 13 nitrogen and oxygen atoms in total. The van der Waals surface area contributed by atoms with Gasteiger partial charge in [0.2, 0.25) is 11.7 Å². The fourth-order valence-corrected chi connectivity index (χ4v) is 10.8. The van der Waals surface area contributed by atoms with Crippen LogP contribution in [0.3, 0.4) is 0 Å². The van der Waals surface area contributed by atoms with E-state index in [9.17, 15) is 23.2 Å². The summed E-state index contributed by atoms with van der Waals surface area (Å²) in [5, 5.41) is 18.3. The monoisotopic (exact) mass is 784 g/mol.